The fourth-order valence-electron chi connectivity index (χ4n) is 2.62. The summed E-state index contributed by atoms with van der Waals surface area (Å²) in [7, 11) is 0. The van der Waals surface area contributed by atoms with E-state index in [1.54, 1.807) is 31.2 Å². The van der Waals surface area contributed by atoms with Crippen LogP contribution in [-0.2, 0) is 22.7 Å². The highest BCUT2D eigenvalue weighted by Gasteiger charge is 2.14. The number of fused-ring (bicyclic) bond motifs is 1. The first-order chi connectivity index (χ1) is 12.6. The lowest BCUT2D eigenvalue weighted by molar-refractivity contribution is -0.121. The summed E-state index contributed by atoms with van der Waals surface area (Å²) < 4.78 is 1.82. The highest BCUT2D eigenvalue weighted by molar-refractivity contribution is 6.30. The van der Waals surface area contributed by atoms with Gasteiger partial charge < -0.3 is 15.2 Å². The smallest absolute Gasteiger partial charge is 0.244 e. The van der Waals surface area contributed by atoms with E-state index in [0.29, 0.717) is 23.0 Å². The first-order valence-corrected chi connectivity index (χ1v) is 8.71. The Bertz CT molecular complexity index is 934. The lowest BCUT2D eigenvalue weighted by Crippen LogP contribution is -2.26. The maximum atomic E-state index is 12.5. The van der Waals surface area contributed by atoms with Crippen LogP contribution in [0.1, 0.15) is 19.2 Å². The SMILES string of the molecule is CCC(=O)NCc1nc2ccccc2n1CC(=O)Nc1ccc(Cl)cc1. The minimum absolute atomic E-state index is 0.0609. The summed E-state index contributed by atoms with van der Waals surface area (Å²) in [5.74, 6) is 0.395. The quantitative estimate of drug-likeness (QED) is 0.698. The second-order valence-corrected chi connectivity index (χ2v) is 6.22. The molecule has 0 aliphatic rings. The number of hydrogen-bond acceptors (Lipinski definition) is 3. The van der Waals surface area contributed by atoms with Crippen LogP contribution in [0, 0.1) is 0 Å². The number of anilines is 1. The van der Waals surface area contributed by atoms with Crippen molar-refractivity contribution in [2.45, 2.75) is 26.4 Å². The number of para-hydroxylation sites is 2. The Morgan fingerprint density at radius 1 is 1.08 bits per heavy atom. The van der Waals surface area contributed by atoms with Crippen LogP contribution in [-0.4, -0.2) is 21.4 Å². The zero-order valence-corrected chi connectivity index (χ0v) is 15.1. The van der Waals surface area contributed by atoms with Crippen LogP contribution in [0.2, 0.25) is 5.02 Å². The summed E-state index contributed by atoms with van der Waals surface area (Å²) in [6.45, 7) is 2.16. The minimum atomic E-state index is -0.182. The molecule has 134 valence electrons. The average Bonchev–Trinajstić information content (AvgIpc) is 2.99. The van der Waals surface area contributed by atoms with Crippen molar-refractivity contribution in [1.29, 1.82) is 0 Å². The number of amides is 2. The van der Waals surface area contributed by atoms with Crippen molar-refractivity contribution in [3.05, 3.63) is 59.4 Å². The van der Waals surface area contributed by atoms with E-state index in [-0.39, 0.29) is 24.9 Å². The molecule has 2 aromatic carbocycles. The lowest BCUT2D eigenvalue weighted by atomic mass is 10.3. The molecule has 1 aromatic heterocycles. The standard InChI is InChI=1S/C19H19ClN4O2/c1-2-18(25)21-11-17-23-15-5-3-4-6-16(15)24(17)12-19(26)22-14-9-7-13(20)8-10-14/h3-10H,2,11-12H2,1H3,(H,21,25)(H,22,26). The number of rotatable bonds is 6. The van der Waals surface area contributed by atoms with Gasteiger partial charge in [0.05, 0.1) is 17.6 Å². The molecule has 3 rings (SSSR count). The van der Waals surface area contributed by atoms with Gasteiger partial charge in [0.2, 0.25) is 11.8 Å². The molecular weight excluding hydrogens is 352 g/mol. The first kappa shape index (κ1) is 17.9. The molecule has 0 saturated carbocycles. The number of carbonyl (C=O) groups excluding carboxylic acids is 2. The Morgan fingerprint density at radius 2 is 1.81 bits per heavy atom. The highest BCUT2D eigenvalue weighted by atomic mass is 35.5. The molecule has 3 aromatic rings. The van der Waals surface area contributed by atoms with E-state index in [1.165, 1.54) is 0 Å². The van der Waals surface area contributed by atoms with E-state index in [2.05, 4.69) is 15.6 Å². The molecular formula is C19H19ClN4O2. The molecule has 2 N–H and O–H groups in total. The Morgan fingerprint density at radius 3 is 2.54 bits per heavy atom. The Balaban J connectivity index is 1.81. The predicted octanol–water partition coefficient (Wildman–Crippen LogP) is 3.35. The van der Waals surface area contributed by atoms with Gasteiger partial charge >= 0.3 is 0 Å². The number of benzene rings is 2. The van der Waals surface area contributed by atoms with Gasteiger partial charge in [-0.1, -0.05) is 30.7 Å². The molecule has 0 atom stereocenters. The molecule has 0 spiro atoms. The van der Waals surface area contributed by atoms with Crippen LogP contribution in [0.4, 0.5) is 5.69 Å². The number of nitrogens with one attached hydrogen (secondary N) is 2. The van der Waals surface area contributed by atoms with Crippen molar-refractivity contribution >= 4 is 40.1 Å². The van der Waals surface area contributed by atoms with Gasteiger partial charge in [0.15, 0.2) is 0 Å². The third-order valence-corrected chi connectivity index (χ3v) is 4.18. The third kappa shape index (κ3) is 4.21. The molecule has 6 nitrogen and oxygen atoms in total. The van der Waals surface area contributed by atoms with E-state index in [4.69, 9.17) is 11.6 Å². The van der Waals surface area contributed by atoms with Gasteiger partial charge in [0.25, 0.3) is 0 Å². The Labute approximate surface area is 156 Å². The van der Waals surface area contributed by atoms with Crippen LogP contribution in [0.3, 0.4) is 0 Å². The molecule has 7 heteroatoms. The molecule has 0 aliphatic heterocycles. The van der Waals surface area contributed by atoms with Crippen LogP contribution in [0.25, 0.3) is 11.0 Å². The maximum absolute atomic E-state index is 12.5. The second-order valence-electron chi connectivity index (χ2n) is 5.79. The number of aromatic nitrogens is 2. The molecule has 26 heavy (non-hydrogen) atoms. The van der Waals surface area contributed by atoms with Crippen molar-refractivity contribution in [2.24, 2.45) is 0 Å². The van der Waals surface area contributed by atoms with Gasteiger partial charge in [-0.2, -0.15) is 0 Å². The first-order valence-electron chi connectivity index (χ1n) is 8.33. The van der Waals surface area contributed by atoms with Crippen molar-refractivity contribution in [2.75, 3.05) is 5.32 Å². The predicted molar refractivity (Wildman–Crippen MR) is 102 cm³/mol. The van der Waals surface area contributed by atoms with Gasteiger partial charge in [-0.25, -0.2) is 4.98 Å². The largest absolute Gasteiger partial charge is 0.349 e. The monoisotopic (exact) mass is 370 g/mol. The van der Waals surface area contributed by atoms with Gasteiger partial charge in [0, 0.05) is 17.1 Å². The minimum Gasteiger partial charge on any atom is -0.349 e. The van der Waals surface area contributed by atoms with Crippen LogP contribution in [0.15, 0.2) is 48.5 Å². The molecule has 0 saturated heterocycles. The third-order valence-electron chi connectivity index (χ3n) is 3.93. The van der Waals surface area contributed by atoms with E-state index >= 15 is 0 Å². The molecule has 0 radical (unpaired) electrons. The molecule has 0 aliphatic carbocycles. The van der Waals surface area contributed by atoms with Gasteiger partial charge in [-0.15, -0.1) is 0 Å². The summed E-state index contributed by atoms with van der Waals surface area (Å²) in [5.41, 5.74) is 2.30. The molecule has 0 fully saturated rings. The Kier molecular flexibility index (Phi) is 5.53. The zero-order valence-electron chi connectivity index (χ0n) is 14.3. The number of halogens is 1. The summed E-state index contributed by atoms with van der Waals surface area (Å²) >= 11 is 5.86. The fourth-order valence-corrected chi connectivity index (χ4v) is 2.74. The van der Waals surface area contributed by atoms with E-state index < -0.39 is 0 Å². The summed E-state index contributed by atoms with van der Waals surface area (Å²) in [4.78, 5) is 28.6. The number of imidazole rings is 1. The van der Waals surface area contributed by atoms with E-state index in [0.717, 1.165) is 11.0 Å². The highest BCUT2D eigenvalue weighted by Crippen LogP contribution is 2.17. The van der Waals surface area contributed by atoms with Gasteiger partial charge in [0.1, 0.15) is 12.4 Å². The van der Waals surface area contributed by atoms with Crippen LogP contribution < -0.4 is 10.6 Å². The number of carbonyl (C=O) groups is 2. The average molecular weight is 371 g/mol. The summed E-state index contributed by atoms with van der Waals surface area (Å²) in [6, 6.07) is 14.5. The van der Waals surface area contributed by atoms with E-state index in [9.17, 15) is 9.59 Å². The molecule has 0 bridgehead atoms. The topological polar surface area (TPSA) is 76.0 Å². The summed E-state index contributed by atoms with van der Waals surface area (Å²) in [6.07, 6.45) is 0.400. The van der Waals surface area contributed by atoms with Crippen molar-refractivity contribution in [3.8, 4) is 0 Å². The van der Waals surface area contributed by atoms with Crippen molar-refractivity contribution in [3.63, 3.8) is 0 Å². The lowest BCUT2D eigenvalue weighted by Gasteiger charge is -2.11. The Hall–Kier alpha value is -2.86. The normalized spacial score (nSPS) is 10.7. The maximum Gasteiger partial charge on any atom is 0.244 e. The molecule has 1 heterocycles. The summed E-state index contributed by atoms with van der Waals surface area (Å²) in [5, 5.41) is 6.26. The van der Waals surface area contributed by atoms with Gasteiger partial charge in [-0.3, -0.25) is 9.59 Å². The fraction of sp³-hybridized carbons (Fsp3) is 0.211. The van der Waals surface area contributed by atoms with Crippen LogP contribution in [0.5, 0.6) is 0 Å². The zero-order chi connectivity index (χ0) is 18.5. The van der Waals surface area contributed by atoms with Crippen molar-refractivity contribution in [1.82, 2.24) is 14.9 Å². The van der Waals surface area contributed by atoms with Crippen molar-refractivity contribution < 1.29 is 9.59 Å². The van der Waals surface area contributed by atoms with Gasteiger partial charge in [-0.05, 0) is 36.4 Å². The van der Waals surface area contributed by atoms with Crippen LogP contribution >= 0.6 is 11.6 Å². The molecule has 2 amide bonds. The second kappa shape index (κ2) is 8.01. The van der Waals surface area contributed by atoms with E-state index in [1.807, 2.05) is 28.8 Å². The number of hydrogen-bond donors (Lipinski definition) is 2. The molecule has 0 unspecified atom stereocenters. The number of nitrogens with zero attached hydrogens (tertiary/aromatic N) is 2.